The summed E-state index contributed by atoms with van der Waals surface area (Å²) in [5.41, 5.74) is 11.5. The topological polar surface area (TPSA) is 137 Å². The summed E-state index contributed by atoms with van der Waals surface area (Å²) < 4.78 is 5.18. The molecule has 8 nitrogen and oxygen atoms in total. The third-order valence-corrected chi connectivity index (χ3v) is 3.21. The summed E-state index contributed by atoms with van der Waals surface area (Å²) >= 11 is 0. The normalized spacial score (nSPS) is 11.2. The lowest BCUT2D eigenvalue weighted by Crippen LogP contribution is -2.47. The lowest BCUT2D eigenvalue weighted by Gasteiger charge is -2.15. The number of carbonyl (C=O) groups excluding carboxylic acids is 3. The van der Waals surface area contributed by atoms with Crippen LogP contribution >= 0.6 is 12.4 Å². The Balaban J connectivity index is 0.00000576. The number of carbonyl (C=O) groups is 3. The Hall–Kier alpha value is -2.32. The van der Waals surface area contributed by atoms with E-state index in [0.717, 1.165) is 5.56 Å². The van der Waals surface area contributed by atoms with Gasteiger partial charge in [0.05, 0.1) is 12.6 Å². The van der Waals surface area contributed by atoms with Crippen LogP contribution < -0.4 is 26.8 Å². The van der Waals surface area contributed by atoms with Gasteiger partial charge >= 0.3 is 0 Å². The van der Waals surface area contributed by atoms with Crippen LogP contribution in [0.15, 0.2) is 24.3 Å². The number of hydrogen-bond donors (Lipinski definition) is 4. The summed E-state index contributed by atoms with van der Waals surface area (Å²) in [4.78, 5) is 34.1. The molecular weight excluding hydrogens is 348 g/mol. The maximum absolute atomic E-state index is 11.8. The van der Waals surface area contributed by atoms with E-state index in [1.807, 2.05) is 13.8 Å². The number of rotatable bonds is 9. The highest BCUT2D eigenvalue weighted by Crippen LogP contribution is 2.12. The van der Waals surface area contributed by atoms with E-state index < -0.39 is 11.9 Å². The molecule has 0 spiro atoms. The van der Waals surface area contributed by atoms with Crippen molar-refractivity contribution in [3.8, 4) is 5.75 Å². The molecule has 0 radical (unpaired) electrons. The van der Waals surface area contributed by atoms with Crippen LogP contribution in [0.1, 0.15) is 19.4 Å². The van der Waals surface area contributed by atoms with Gasteiger partial charge in [-0.25, -0.2) is 0 Å². The number of nitrogens with one attached hydrogen (secondary N) is 2. The average Bonchev–Trinajstić information content (AvgIpc) is 2.55. The van der Waals surface area contributed by atoms with Crippen molar-refractivity contribution in [3.63, 3.8) is 0 Å². The number of primary amides is 1. The van der Waals surface area contributed by atoms with Gasteiger partial charge in [0.15, 0.2) is 6.61 Å². The van der Waals surface area contributed by atoms with Crippen molar-refractivity contribution in [2.45, 2.75) is 26.4 Å². The second-order valence-electron chi connectivity index (χ2n) is 5.67. The van der Waals surface area contributed by atoms with Crippen LogP contribution in [0.3, 0.4) is 0 Å². The fraction of sp³-hybridized carbons (Fsp3) is 0.438. The summed E-state index contributed by atoms with van der Waals surface area (Å²) in [5, 5.41) is 5.16. The Morgan fingerprint density at radius 2 is 1.88 bits per heavy atom. The molecule has 140 valence electrons. The Kier molecular flexibility index (Phi) is 10.2. The molecule has 3 amide bonds. The van der Waals surface area contributed by atoms with Gasteiger partial charge in [-0.2, -0.15) is 0 Å². The molecule has 0 unspecified atom stereocenters. The summed E-state index contributed by atoms with van der Waals surface area (Å²) in [6.45, 7) is 3.57. The van der Waals surface area contributed by atoms with Gasteiger partial charge in [0.1, 0.15) is 5.75 Å². The molecule has 1 aromatic rings. The van der Waals surface area contributed by atoms with E-state index in [1.54, 1.807) is 24.3 Å². The van der Waals surface area contributed by atoms with Crippen LogP contribution in [-0.4, -0.2) is 36.9 Å². The van der Waals surface area contributed by atoms with Gasteiger partial charge in [0.2, 0.25) is 11.8 Å². The maximum Gasteiger partial charge on any atom is 0.255 e. The van der Waals surface area contributed by atoms with E-state index in [4.69, 9.17) is 16.2 Å². The highest BCUT2D eigenvalue weighted by molar-refractivity contribution is 5.87. The lowest BCUT2D eigenvalue weighted by molar-refractivity contribution is -0.127. The molecule has 0 aliphatic heterocycles. The summed E-state index contributed by atoms with van der Waals surface area (Å²) in [7, 11) is 0. The number of ether oxygens (including phenoxy) is 1. The van der Waals surface area contributed by atoms with Gasteiger partial charge < -0.3 is 26.8 Å². The molecule has 1 rings (SSSR count). The number of hydrogen-bond acceptors (Lipinski definition) is 5. The van der Waals surface area contributed by atoms with Gasteiger partial charge in [-0.1, -0.05) is 26.0 Å². The first-order valence-corrected chi connectivity index (χ1v) is 7.59. The molecule has 9 heteroatoms. The zero-order chi connectivity index (χ0) is 18.1. The molecular formula is C16H25ClN4O4. The molecule has 0 fully saturated rings. The Morgan fingerprint density at radius 3 is 2.48 bits per heavy atom. The van der Waals surface area contributed by atoms with E-state index >= 15 is 0 Å². The van der Waals surface area contributed by atoms with Gasteiger partial charge in [0.25, 0.3) is 5.91 Å². The van der Waals surface area contributed by atoms with Crippen molar-refractivity contribution < 1.29 is 19.1 Å². The predicted molar refractivity (Wildman–Crippen MR) is 96.0 cm³/mol. The second kappa shape index (κ2) is 11.3. The molecule has 0 heterocycles. The van der Waals surface area contributed by atoms with Gasteiger partial charge in [-0.15, -0.1) is 12.4 Å². The Labute approximate surface area is 153 Å². The largest absolute Gasteiger partial charge is 0.484 e. The van der Waals surface area contributed by atoms with Crippen molar-refractivity contribution in [1.82, 2.24) is 10.6 Å². The van der Waals surface area contributed by atoms with Gasteiger partial charge in [-0.05, 0) is 23.6 Å². The number of amides is 3. The zero-order valence-corrected chi connectivity index (χ0v) is 15.1. The van der Waals surface area contributed by atoms with Crippen molar-refractivity contribution >= 4 is 30.1 Å². The van der Waals surface area contributed by atoms with E-state index in [-0.39, 0.29) is 49.8 Å². The average molecular weight is 373 g/mol. The quantitative estimate of drug-likeness (QED) is 0.471. The molecule has 1 aromatic carbocycles. The van der Waals surface area contributed by atoms with Gasteiger partial charge in [-0.3, -0.25) is 14.4 Å². The Morgan fingerprint density at radius 1 is 1.20 bits per heavy atom. The smallest absolute Gasteiger partial charge is 0.255 e. The van der Waals surface area contributed by atoms with Crippen LogP contribution in [-0.2, 0) is 20.9 Å². The third-order valence-electron chi connectivity index (χ3n) is 3.21. The van der Waals surface area contributed by atoms with Crippen LogP contribution in [0.25, 0.3) is 0 Å². The van der Waals surface area contributed by atoms with Crippen LogP contribution in [0.2, 0.25) is 0 Å². The van der Waals surface area contributed by atoms with Crippen LogP contribution in [0, 0.1) is 5.92 Å². The molecule has 0 aliphatic rings. The van der Waals surface area contributed by atoms with Crippen molar-refractivity contribution in [3.05, 3.63) is 29.8 Å². The van der Waals surface area contributed by atoms with E-state index in [2.05, 4.69) is 10.6 Å². The molecule has 0 bridgehead atoms. The molecule has 25 heavy (non-hydrogen) atoms. The summed E-state index contributed by atoms with van der Waals surface area (Å²) in [6.07, 6.45) is 0. The molecule has 0 aromatic heterocycles. The lowest BCUT2D eigenvalue weighted by atomic mass is 10.1. The van der Waals surface area contributed by atoms with E-state index in [1.165, 1.54) is 0 Å². The molecule has 6 N–H and O–H groups in total. The minimum atomic E-state index is -0.642. The second-order valence-corrected chi connectivity index (χ2v) is 5.67. The number of nitrogens with two attached hydrogens (primary N) is 2. The first kappa shape index (κ1) is 22.7. The van der Waals surface area contributed by atoms with Crippen LogP contribution in [0.5, 0.6) is 5.75 Å². The van der Waals surface area contributed by atoms with Crippen LogP contribution in [0.4, 0.5) is 0 Å². The minimum Gasteiger partial charge on any atom is -0.484 e. The third kappa shape index (κ3) is 8.92. The highest BCUT2D eigenvalue weighted by atomic mass is 35.5. The first-order chi connectivity index (χ1) is 11.3. The molecule has 1 atom stereocenters. The van der Waals surface area contributed by atoms with Crippen molar-refractivity contribution in [2.24, 2.45) is 17.4 Å². The molecule has 0 aliphatic carbocycles. The Bertz CT molecular complexity index is 595. The van der Waals surface area contributed by atoms with Gasteiger partial charge in [0, 0.05) is 6.54 Å². The first-order valence-electron chi connectivity index (χ1n) is 7.59. The van der Waals surface area contributed by atoms with Crippen molar-refractivity contribution in [2.75, 3.05) is 13.2 Å². The molecule has 0 saturated heterocycles. The standard InChI is InChI=1S/C16H24N4O4.ClH/c1-10(2)15(18)16(23)20-8-14(22)19-7-11-4-3-5-12(6-11)24-9-13(17)21;/h3-6,10,15H,7-9,18H2,1-2H3,(H2,17,21)(H,19,22)(H,20,23);1H/t15-;/m0./s1. The van der Waals surface area contributed by atoms with E-state index in [0.29, 0.717) is 5.75 Å². The monoisotopic (exact) mass is 372 g/mol. The summed E-state index contributed by atoms with van der Waals surface area (Å²) in [5.74, 6) is -0.776. The fourth-order valence-corrected chi connectivity index (χ4v) is 1.75. The zero-order valence-electron chi connectivity index (χ0n) is 14.3. The van der Waals surface area contributed by atoms with E-state index in [9.17, 15) is 14.4 Å². The SMILES string of the molecule is CC(C)[C@H](N)C(=O)NCC(=O)NCc1cccc(OCC(N)=O)c1.Cl. The molecule has 0 saturated carbocycles. The maximum atomic E-state index is 11.8. The minimum absolute atomic E-state index is 0. The summed E-state index contributed by atoms with van der Waals surface area (Å²) in [6, 6.07) is 6.27. The predicted octanol–water partition coefficient (Wildman–Crippen LogP) is -0.312. The number of halogens is 1. The number of benzene rings is 1. The highest BCUT2D eigenvalue weighted by Gasteiger charge is 2.17. The van der Waals surface area contributed by atoms with Crippen molar-refractivity contribution in [1.29, 1.82) is 0 Å². The fourth-order valence-electron chi connectivity index (χ4n) is 1.75.